The highest BCUT2D eigenvalue weighted by molar-refractivity contribution is 14.1. The third-order valence-corrected chi connectivity index (χ3v) is 2.82. The van der Waals surface area contributed by atoms with Gasteiger partial charge in [-0.25, -0.2) is 0 Å². The standard InChI is InChI=1S/C11H19IO2/c1-10(12)6-2-4-8-13-11-7-3-5-9-14-11/h11H,1-9H2. The maximum atomic E-state index is 5.61. The molecule has 1 heterocycles. The van der Waals surface area contributed by atoms with Gasteiger partial charge in [0, 0.05) is 13.2 Å². The Morgan fingerprint density at radius 3 is 2.93 bits per heavy atom. The van der Waals surface area contributed by atoms with Gasteiger partial charge in [0.1, 0.15) is 0 Å². The SMILES string of the molecule is C=C(I)CCCCOC1CCCCO1. The quantitative estimate of drug-likeness (QED) is 0.551. The molecule has 1 aliphatic heterocycles. The molecule has 1 aliphatic rings. The number of allylic oxidation sites excluding steroid dienone is 1. The average Bonchev–Trinajstić information content (AvgIpc) is 2.18. The Bertz CT molecular complexity index is 165. The van der Waals surface area contributed by atoms with Crippen LogP contribution in [0, 0.1) is 0 Å². The first kappa shape index (κ1) is 12.5. The van der Waals surface area contributed by atoms with Crippen molar-refractivity contribution in [3.63, 3.8) is 0 Å². The first-order valence-corrected chi connectivity index (χ1v) is 6.43. The van der Waals surface area contributed by atoms with Crippen molar-refractivity contribution in [2.24, 2.45) is 0 Å². The molecule has 1 rings (SSSR count). The van der Waals surface area contributed by atoms with E-state index in [0.717, 1.165) is 32.5 Å². The fourth-order valence-corrected chi connectivity index (χ4v) is 1.86. The van der Waals surface area contributed by atoms with Gasteiger partial charge in [0.25, 0.3) is 0 Å². The summed E-state index contributed by atoms with van der Waals surface area (Å²) in [4.78, 5) is 0. The molecule has 0 saturated carbocycles. The molecule has 0 aromatic carbocycles. The minimum Gasteiger partial charge on any atom is -0.353 e. The summed E-state index contributed by atoms with van der Waals surface area (Å²) in [7, 11) is 0. The zero-order chi connectivity index (χ0) is 10.2. The van der Waals surface area contributed by atoms with E-state index < -0.39 is 0 Å². The van der Waals surface area contributed by atoms with Crippen LogP contribution < -0.4 is 0 Å². The fraction of sp³-hybridized carbons (Fsp3) is 0.818. The Kier molecular flexibility index (Phi) is 6.81. The molecule has 0 aromatic heterocycles. The summed E-state index contributed by atoms with van der Waals surface area (Å²) in [5.74, 6) is 0. The lowest BCUT2D eigenvalue weighted by Gasteiger charge is -2.22. The van der Waals surface area contributed by atoms with Crippen LogP contribution in [-0.4, -0.2) is 19.5 Å². The van der Waals surface area contributed by atoms with Crippen LogP contribution in [-0.2, 0) is 9.47 Å². The smallest absolute Gasteiger partial charge is 0.157 e. The molecule has 1 atom stereocenters. The van der Waals surface area contributed by atoms with Crippen LogP contribution in [0.4, 0.5) is 0 Å². The summed E-state index contributed by atoms with van der Waals surface area (Å²) in [6.07, 6.45) is 6.97. The minimum absolute atomic E-state index is 0.0755. The van der Waals surface area contributed by atoms with E-state index in [2.05, 4.69) is 29.2 Å². The number of rotatable bonds is 6. The molecule has 1 unspecified atom stereocenters. The molecule has 3 heteroatoms. The Hall–Kier alpha value is 0.390. The van der Waals surface area contributed by atoms with Gasteiger partial charge in [-0.3, -0.25) is 0 Å². The normalized spacial score (nSPS) is 22.2. The van der Waals surface area contributed by atoms with Crippen LogP contribution in [0.1, 0.15) is 38.5 Å². The highest BCUT2D eigenvalue weighted by Gasteiger charge is 2.13. The van der Waals surface area contributed by atoms with Crippen LogP contribution in [0.5, 0.6) is 0 Å². The molecule has 14 heavy (non-hydrogen) atoms. The van der Waals surface area contributed by atoms with E-state index in [-0.39, 0.29) is 6.29 Å². The average molecular weight is 310 g/mol. The van der Waals surface area contributed by atoms with Crippen LogP contribution in [0.25, 0.3) is 0 Å². The molecule has 0 bridgehead atoms. The predicted octanol–water partition coefficient (Wildman–Crippen LogP) is 3.65. The number of unbranched alkanes of at least 4 members (excludes halogenated alkanes) is 1. The van der Waals surface area contributed by atoms with Crippen LogP contribution in [0.3, 0.4) is 0 Å². The molecular formula is C11H19IO2. The summed E-state index contributed by atoms with van der Waals surface area (Å²) >= 11 is 2.28. The third kappa shape index (κ3) is 5.98. The van der Waals surface area contributed by atoms with Crippen molar-refractivity contribution < 1.29 is 9.47 Å². The molecule has 1 saturated heterocycles. The highest BCUT2D eigenvalue weighted by atomic mass is 127. The second kappa shape index (κ2) is 7.65. The Labute approximate surface area is 100 Å². The first-order valence-electron chi connectivity index (χ1n) is 5.35. The van der Waals surface area contributed by atoms with Crippen LogP contribution >= 0.6 is 22.6 Å². The van der Waals surface area contributed by atoms with E-state index in [1.54, 1.807) is 0 Å². The van der Waals surface area contributed by atoms with Crippen molar-refractivity contribution in [1.82, 2.24) is 0 Å². The number of hydrogen-bond donors (Lipinski definition) is 0. The lowest BCUT2D eigenvalue weighted by molar-refractivity contribution is -0.162. The molecule has 0 N–H and O–H groups in total. The second-order valence-electron chi connectivity index (χ2n) is 3.64. The molecule has 0 radical (unpaired) electrons. The van der Waals surface area contributed by atoms with Crippen molar-refractivity contribution >= 4 is 22.6 Å². The number of ether oxygens (including phenoxy) is 2. The second-order valence-corrected chi connectivity index (χ2v) is 5.17. The van der Waals surface area contributed by atoms with Crippen LogP contribution in [0.15, 0.2) is 10.2 Å². The summed E-state index contributed by atoms with van der Waals surface area (Å²) in [6.45, 7) is 5.56. The van der Waals surface area contributed by atoms with E-state index >= 15 is 0 Å². The van der Waals surface area contributed by atoms with Gasteiger partial charge in [-0.1, -0.05) is 6.58 Å². The van der Waals surface area contributed by atoms with Crippen molar-refractivity contribution in [3.05, 3.63) is 10.2 Å². The summed E-state index contributed by atoms with van der Waals surface area (Å²) in [6, 6.07) is 0. The zero-order valence-corrected chi connectivity index (χ0v) is 10.8. The van der Waals surface area contributed by atoms with E-state index in [9.17, 15) is 0 Å². The molecule has 0 spiro atoms. The molecule has 0 aliphatic carbocycles. The van der Waals surface area contributed by atoms with Gasteiger partial charge in [0.15, 0.2) is 6.29 Å². The lowest BCUT2D eigenvalue weighted by Crippen LogP contribution is -2.22. The van der Waals surface area contributed by atoms with E-state index in [0.29, 0.717) is 0 Å². The Morgan fingerprint density at radius 2 is 2.29 bits per heavy atom. The summed E-state index contributed by atoms with van der Waals surface area (Å²) < 4.78 is 12.3. The number of hydrogen-bond acceptors (Lipinski definition) is 2. The van der Waals surface area contributed by atoms with Gasteiger partial charge in [-0.05, 0) is 64.7 Å². The lowest BCUT2D eigenvalue weighted by atomic mass is 10.2. The largest absolute Gasteiger partial charge is 0.353 e. The zero-order valence-electron chi connectivity index (χ0n) is 8.64. The molecule has 2 nitrogen and oxygen atoms in total. The number of halogens is 1. The maximum Gasteiger partial charge on any atom is 0.157 e. The minimum atomic E-state index is 0.0755. The van der Waals surface area contributed by atoms with E-state index in [4.69, 9.17) is 9.47 Å². The fourth-order valence-electron chi connectivity index (χ4n) is 1.48. The molecule has 0 aromatic rings. The van der Waals surface area contributed by atoms with E-state index in [1.165, 1.54) is 22.8 Å². The van der Waals surface area contributed by atoms with Gasteiger partial charge in [0.05, 0.1) is 0 Å². The van der Waals surface area contributed by atoms with Gasteiger partial charge in [0.2, 0.25) is 0 Å². The van der Waals surface area contributed by atoms with Crippen LogP contribution in [0.2, 0.25) is 0 Å². The Balaban J connectivity index is 1.90. The molecule has 0 amide bonds. The summed E-state index contributed by atoms with van der Waals surface area (Å²) in [5.41, 5.74) is 0. The molecule has 82 valence electrons. The maximum absolute atomic E-state index is 5.61. The Morgan fingerprint density at radius 1 is 1.43 bits per heavy atom. The van der Waals surface area contributed by atoms with Gasteiger partial charge in [-0.2, -0.15) is 0 Å². The first-order chi connectivity index (χ1) is 6.79. The molecule has 1 fully saturated rings. The highest BCUT2D eigenvalue weighted by Crippen LogP contribution is 2.15. The monoisotopic (exact) mass is 310 g/mol. The van der Waals surface area contributed by atoms with Gasteiger partial charge in [-0.15, -0.1) is 0 Å². The third-order valence-electron chi connectivity index (χ3n) is 2.28. The van der Waals surface area contributed by atoms with Crippen molar-refractivity contribution in [2.75, 3.05) is 13.2 Å². The van der Waals surface area contributed by atoms with Crippen molar-refractivity contribution in [2.45, 2.75) is 44.8 Å². The molecular weight excluding hydrogens is 291 g/mol. The predicted molar refractivity (Wildman–Crippen MR) is 66.6 cm³/mol. The van der Waals surface area contributed by atoms with Gasteiger partial charge < -0.3 is 9.47 Å². The van der Waals surface area contributed by atoms with Crippen molar-refractivity contribution in [1.29, 1.82) is 0 Å². The van der Waals surface area contributed by atoms with E-state index in [1.807, 2.05) is 0 Å². The summed E-state index contributed by atoms with van der Waals surface area (Å²) in [5, 5.41) is 0. The topological polar surface area (TPSA) is 18.5 Å². The van der Waals surface area contributed by atoms with Gasteiger partial charge >= 0.3 is 0 Å². The van der Waals surface area contributed by atoms with Crippen molar-refractivity contribution in [3.8, 4) is 0 Å².